The van der Waals surface area contributed by atoms with Gasteiger partial charge in [-0.15, -0.1) is 0 Å². The second kappa shape index (κ2) is 17.8. The molecule has 6 aromatic rings. The fraction of sp³-hybridized carbons (Fsp3) is 0.269. The molecule has 0 aliphatic heterocycles. The minimum Gasteiger partial charge on any atom is -0.545 e. The van der Waals surface area contributed by atoms with Gasteiger partial charge in [-0.2, -0.15) is 0 Å². The summed E-state index contributed by atoms with van der Waals surface area (Å²) in [6.07, 6.45) is 0. The Bertz CT molecular complexity index is 2090. The average molecular weight is 840 g/mol. The van der Waals surface area contributed by atoms with Crippen LogP contribution in [0, 0.1) is 13.8 Å². The summed E-state index contributed by atoms with van der Waals surface area (Å²) >= 11 is 0. The summed E-state index contributed by atoms with van der Waals surface area (Å²) in [5.74, 6) is -3.17. The number of hydrogen-bond donors (Lipinski definition) is 2. The maximum atomic E-state index is 12.0. The van der Waals surface area contributed by atoms with Gasteiger partial charge in [-0.25, -0.2) is 0 Å². The van der Waals surface area contributed by atoms with E-state index in [9.17, 15) is 30.0 Å². The van der Waals surface area contributed by atoms with Gasteiger partial charge in [0.1, 0.15) is 11.5 Å². The summed E-state index contributed by atoms with van der Waals surface area (Å²) in [4.78, 5) is 24.0. The summed E-state index contributed by atoms with van der Waals surface area (Å²) in [5, 5.41) is 46.0. The molecule has 0 atom stereocenters. The van der Waals surface area contributed by atoms with E-state index in [0.29, 0.717) is 22.3 Å². The first-order valence-corrected chi connectivity index (χ1v) is 19.6. The van der Waals surface area contributed by atoms with E-state index in [1.807, 2.05) is 161 Å². The maximum Gasteiger partial charge on any atom is 2.00 e. The predicted molar refractivity (Wildman–Crippen MR) is 229 cm³/mol. The van der Waals surface area contributed by atoms with E-state index in [4.69, 9.17) is 0 Å². The molecule has 2 N–H and O–H groups in total. The smallest absolute Gasteiger partial charge is 0.545 e. The number of carboxylic acid groups (broad SMARTS) is 2. The van der Waals surface area contributed by atoms with Crippen LogP contribution in [-0.2, 0) is 41.1 Å². The van der Waals surface area contributed by atoms with Crippen LogP contribution < -0.4 is 10.2 Å². The SMILES string of the molecule is Cc1c(C(C)(C)c2ccccc2)cc(C(C)(C)c2ccccc2)c(O)c1C(=O)[O-].Cc1c(C(C)(C)c2ccccc2)cc(C(C)(C)c2ccccc2)c(O)c1C(=O)[O-].[Zn+2]. The first kappa shape index (κ1) is 46.2. The number of benzene rings is 6. The predicted octanol–water partition coefficient (Wildman–Crippen LogP) is 9.43. The van der Waals surface area contributed by atoms with Gasteiger partial charge in [0.25, 0.3) is 0 Å². The molecule has 0 bridgehead atoms. The Morgan fingerprint density at radius 2 is 0.610 bits per heavy atom. The summed E-state index contributed by atoms with van der Waals surface area (Å²) in [6, 6.07) is 43.4. The third-order valence-corrected chi connectivity index (χ3v) is 12.2. The number of aromatic carboxylic acids is 2. The van der Waals surface area contributed by atoms with E-state index in [2.05, 4.69) is 27.7 Å². The number of phenols is 2. The Kier molecular flexibility index (Phi) is 13.9. The third-order valence-electron chi connectivity index (χ3n) is 12.2. The molecule has 0 unspecified atom stereocenters. The number of carbonyl (C=O) groups excluding carboxylic acids is 2. The van der Waals surface area contributed by atoms with Crippen LogP contribution in [0.5, 0.6) is 11.5 Å². The van der Waals surface area contributed by atoms with Crippen molar-refractivity contribution in [2.24, 2.45) is 0 Å². The Hall–Kier alpha value is -5.52. The van der Waals surface area contributed by atoms with Gasteiger partial charge in [-0.1, -0.05) is 189 Å². The van der Waals surface area contributed by atoms with Crippen molar-refractivity contribution in [2.75, 3.05) is 0 Å². The molecule has 7 heteroatoms. The van der Waals surface area contributed by atoms with Gasteiger partial charge in [0.05, 0.1) is 11.9 Å². The molecule has 0 saturated heterocycles. The van der Waals surface area contributed by atoms with Crippen LogP contribution in [0.25, 0.3) is 0 Å². The van der Waals surface area contributed by atoms with Crippen molar-refractivity contribution in [2.45, 2.75) is 90.9 Å². The van der Waals surface area contributed by atoms with Gasteiger partial charge in [-0.05, 0) is 58.4 Å². The van der Waals surface area contributed by atoms with Crippen molar-refractivity contribution in [3.63, 3.8) is 0 Å². The van der Waals surface area contributed by atoms with Crippen molar-refractivity contribution < 1.29 is 49.5 Å². The molecule has 59 heavy (non-hydrogen) atoms. The van der Waals surface area contributed by atoms with Gasteiger partial charge in [-0.3, -0.25) is 0 Å². The van der Waals surface area contributed by atoms with Gasteiger partial charge in [0, 0.05) is 43.9 Å². The molecule has 300 valence electrons. The monoisotopic (exact) mass is 838 g/mol. The molecule has 0 amide bonds. The van der Waals surface area contributed by atoms with E-state index in [1.54, 1.807) is 13.8 Å². The largest absolute Gasteiger partial charge is 2.00 e. The quantitative estimate of drug-likeness (QED) is 0.133. The molecule has 0 fully saturated rings. The zero-order chi connectivity index (χ0) is 42.8. The summed E-state index contributed by atoms with van der Waals surface area (Å²) in [5.41, 5.74) is 5.70. The van der Waals surface area contributed by atoms with E-state index < -0.39 is 33.6 Å². The third kappa shape index (κ3) is 8.92. The Morgan fingerprint density at radius 1 is 0.407 bits per heavy atom. The van der Waals surface area contributed by atoms with Gasteiger partial charge in [0.15, 0.2) is 0 Å². The minimum absolute atomic E-state index is 0. The molecule has 0 radical (unpaired) electrons. The van der Waals surface area contributed by atoms with Crippen LogP contribution in [0.15, 0.2) is 133 Å². The van der Waals surface area contributed by atoms with Crippen molar-refractivity contribution >= 4 is 11.9 Å². The Morgan fingerprint density at radius 3 is 0.814 bits per heavy atom. The molecule has 0 aromatic heterocycles. The minimum atomic E-state index is -1.36. The van der Waals surface area contributed by atoms with Crippen molar-refractivity contribution in [3.8, 4) is 11.5 Å². The number of carbonyl (C=O) groups is 2. The van der Waals surface area contributed by atoms with Crippen LogP contribution >= 0.6 is 0 Å². The summed E-state index contributed by atoms with van der Waals surface area (Å²) < 4.78 is 0. The first-order chi connectivity index (χ1) is 27.2. The van der Waals surface area contributed by atoms with Crippen molar-refractivity contribution in [1.29, 1.82) is 0 Å². The van der Waals surface area contributed by atoms with E-state index in [1.165, 1.54) is 0 Å². The second-order valence-electron chi connectivity index (χ2n) is 17.2. The van der Waals surface area contributed by atoms with Crippen LogP contribution in [0.2, 0.25) is 0 Å². The van der Waals surface area contributed by atoms with Crippen LogP contribution in [0.3, 0.4) is 0 Å². The normalized spacial score (nSPS) is 11.8. The number of aromatic hydroxyl groups is 2. The molecule has 6 aromatic carbocycles. The molecular formula is C52H54O6Zn. The fourth-order valence-corrected chi connectivity index (χ4v) is 8.33. The molecule has 0 aliphatic rings. The Labute approximate surface area is 362 Å². The molecule has 0 heterocycles. The van der Waals surface area contributed by atoms with E-state index in [-0.39, 0.29) is 42.1 Å². The van der Waals surface area contributed by atoms with Crippen LogP contribution in [-0.4, -0.2) is 22.2 Å². The Balaban J connectivity index is 0.000000256. The average Bonchev–Trinajstić information content (AvgIpc) is 3.19. The van der Waals surface area contributed by atoms with Gasteiger partial charge < -0.3 is 30.0 Å². The first-order valence-electron chi connectivity index (χ1n) is 19.6. The molecule has 0 saturated carbocycles. The van der Waals surface area contributed by atoms with Crippen molar-refractivity contribution in [1.82, 2.24) is 0 Å². The fourth-order valence-electron chi connectivity index (χ4n) is 8.33. The molecule has 0 aliphatic carbocycles. The zero-order valence-corrected chi connectivity index (χ0v) is 38.9. The molecule has 6 nitrogen and oxygen atoms in total. The summed E-state index contributed by atoms with van der Waals surface area (Å²) in [7, 11) is 0. The molecule has 6 rings (SSSR count). The van der Waals surface area contributed by atoms with Gasteiger partial charge >= 0.3 is 19.5 Å². The van der Waals surface area contributed by atoms with E-state index >= 15 is 0 Å². The number of hydrogen-bond acceptors (Lipinski definition) is 6. The molecule has 0 spiro atoms. The van der Waals surface area contributed by atoms with Crippen LogP contribution in [0.4, 0.5) is 0 Å². The van der Waals surface area contributed by atoms with Gasteiger partial charge in [0.2, 0.25) is 0 Å². The zero-order valence-electron chi connectivity index (χ0n) is 35.9. The van der Waals surface area contributed by atoms with Crippen molar-refractivity contribution in [3.05, 3.63) is 200 Å². The second-order valence-corrected chi connectivity index (χ2v) is 17.2. The topological polar surface area (TPSA) is 121 Å². The standard InChI is InChI=1S/2C26H28O3.Zn/c2*1-17-20(25(2,3)18-12-8-6-9-13-18)16-21(23(27)22(17)24(28)29)26(4,5)19-14-10-7-11-15-19;/h2*6-16,27H,1-5H3,(H,28,29);/q;;+2/p-2. The number of carboxylic acids is 2. The van der Waals surface area contributed by atoms with Crippen LogP contribution in [0.1, 0.15) is 132 Å². The van der Waals surface area contributed by atoms with E-state index in [0.717, 1.165) is 33.4 Å². The summed E-state index contributed by atoms with van der Waals surface area (Å²) in [6.45, 7) is 19.7. The maximum absolute atomic E-state index is 12.0. The number of rotatable bonds is 10. The molecular weight excluding hydrogens is 786 g/mol.